The molecule has 1 aliphatic heterocycles. The first kappa shape index (κ1) is 27.2. The molecule has 1 N–H and O–H groups in total. The molecule has 4 rings (SSSR count). The average molecular weight is 578 g/mol. The van der Waals surface area contributed by atoms with Gasteiger partial charge in [0.2, 0.25) is 11.8 Å². The van der Waals surface area contributed by atoms with E-state index in [2.05, 4.69) is 5.32 Å². The Bertz CT molecular complexity index is 1230. The van der Waals surface area contributed by atoms with E-state index in [9.17, 15) is 32.3 Å². The maximum absolute atomic E-state index is 12.9. The second kappa shape index (κ2) is 10.5. The van der Waals surface area contributed by atoms with Gasteiger partial charge < -0.3 is 10.1 Å². The summed E-state index contributed by atoms with van der Waals surface area (Å²) in [5.41, 5.74) is -1.02. The fourth-order valence-corrected chi connectivity index (χ4v) is 5.05. The minimum atomic E-state index is -4.63. The number of esters is 1. The molecule has 0 radical (unpaired) electrons. The lowest BCUT2D eigenvalue weighted by atomic mass is 9.80. The van der Waals surface area contributed by atoms with Crippen molar-refractivity contribution >= 4 is 69.9 Å². The largest absolute Gasteiger partial charge is 0.452 e. The fraction of sp³-hybridized carbons (Fsp3) is 0.333. The highest BCUT2D eigenvalue weighted by molar-refractivity contribution is 6.33. The molecule has 13 heteroatoms. The lowest BCUT2D eigenvalue weighted by Crippen LogP contribution is -2.34. The van der Waals surface area contributed by atoms with Crippen LogP contribution in [-0.4, -0.2) is 41.1 Å². The van der Waals surface area contributed by atoms with Crippen LogP contribution in [0.4, 0.5) is 24.5 Å². The predicted molar refractivity (Wildman–Crippen MR) is 130 cm³/mol. The van der Waals surface area contributed by atoms with Crippen LogP contribution in [0, 0.1) is 11.8 Å². The molecule has 196 valence electrons. The highest BCUT2D eigenvalue weighted by atomic mass is 35.5. The lowest BCUT2D eigenvalue weighted by molar-refractivity contribution is -0.137. The van der Waals surface area contributed by atoms with Crippen molar-refractivity contribution in [2.45, 2.75) is 29.8 Å². The van der Waals surface area contributed by atoms with Crippen LogP contribution in [0.1, 0.15) is 28.8 Å². The molecule has 1 saturated carbocycles. The zero-order chi connectivity index (χ0) is 27.1. The van der Waals surface area contributed by atoms with E-state index >= 15 is 0 Å². The second-order valence-electron chi connectivity index (χ2n) is 8.59. The maximum atomic E-state index is 12.9. The minimum absolute atomic E-state index is 0.0202. The first-order valence-electron chi connectivity index (χ1n) is 11.0. The molecule has 0 aromatic heterocycles. The van der Waals surface area contributed by atoms with Crippen LogP contribution in [0.15, 0.2) is 42.5 Å². The van der Waals surface area contributed by atoms with Gasteiger partial charge in [0.1, 0.15) is 0 Å². The number of amides is 3. The molecule has 2 aromatic carbocycles. The van der Waals surface area contributed by atoms with Crippen LogP contribution in [0.2, 0.25) is 5.02 Å². The number of benzene rings is 2. The van der Waals surface area contributed by atoms with Crippen LogP contribution >= 0.6 is 34.8 Å². The number of nitrogens with zero attached hydrogens (tertiary/aromatic N) is 1. The first-order valence-corrected chi connectivity index (χ1v) is 12.2. The van der Waals surface area contributed by atoms with Crippen LogP contribution in [-0.2, 0) is 25.3 Å². The molecule has 0 bridgehead atoms. The van der Waals surface area contributed by atoms with Crippen LogP contribution in [0.3, 0.4) is 0 Å². The van der Waals surface area contributed by atoms with Crippen LogP contribution in [0.5, 0.6) is 0 Å². The number of anilines is 2. The summed E-state index contributed by atoms with van der Waals surface area (Å²) < 4.78 is 43.6. The molecule has 0 unspecified atom stereocenters. The molecule has 2 aliphatic rings. The zero-order valence-electron chi connectivity index (χ0n) is 18.7. The van der Waals surface area contributed by atoms with Crippen molar-refractivity contribution < 1.29 is 37.1 Å². The molecular formula is C24H18Cl3F3N2O5. The maximum Gasteiger partial charge on any atom is 0.416 e. The summed E-state index contributed by atoms with van der Waals surface area (Å²) in [5, 5.41) is 1.20. The molecule has 1 saturated heterocycles. The molecule has 1 aliphatic carbocycles. The number of hydrogen-bond acceptors (Lipinski definition) is 5. The van der Waals surface area contributed by atoms with Crippen molar-refractivity contribution in [1.82, 2.24) is 0 Å². The Morgan fingerprint density at radius 2 is 1.54 bits per heavy atom. The Morgan fingerprint density at radius 3 is 2.08 bits per heavy atom. The lowest BCUT2D eigenvalue weighted by Gasteiger charge is -2.28. The number of nitrogens with one attached hydrogen (secondary N) is 1. The Labute approximate surface area is 223 Å². The van der Waals surface area contributed by atoms with Crippen molar-refractivity contribution in [2.75, 3.05) is 16.8 Å². The fourth-order valence-electron chi connectivity index (χ4n) is 4.29. The van der Waals surface area contributed by atoms with Crippen LogP contribution < -0.4 is 10.2 Å². The smallest absolute Gasteiger partial charge is 0.416 e. The summed E-state index contributed by atoms with van der Waals surface area (Å²) >= 11 is 18.2. The summed E-state index contributed by atoms with van der Waals surface area (Å²) in [6.07, 6.45) is -4.05. The number of hydrogen-bond donors (Lipinski definition) is 1. The third-order valence-electron chi connectivity index (χ3n) is 6.17. The number of imide groups is 1. The quantitative estimate of drug-likeness (QED) is 0.297. The molecule has 0 spiro atoms. The Morgan fingerprint density at radius 1 is 0.973 bits per heavy atom. The van der Waals surface area contributed by atoms with Crippen molar-refractivity contribution in [3.8, 4) is 0 Å². The summed E-state index contributed by atoms with van der Waals surface area (Å²) in [4.78, 5) is 51.2. The van der Waals surface area contributed by atoms with Gasteiger partial charge in [-0.25, -0.2) is 4.79 Å². The van der Waals surface area contributed by atoms with Gasteiger partial charge in [-0.3, -0.25) is 19.3 Å². The molecule has 7 nitrogen and oxygen atoms in total. The number of ether oxygens (including phenoxy) is 1. The third kappa shape index (κ3) is 5.71. The van der Waals surface area contributed by atoms with Crippen LogP contribution in [0.25, 0.3) is 0 Å². The highest BCUT2D eigenvalue weighted by Gasteiger charge is 2.52. The Kier molecular flexibility index (Phi) is 7.73. The highest BCUT2D eigenvalue weighted by Crippen LogP contribution is 2.43. The van der Waals surface area contributed by atoms with E-state index in [-0.39, 0.29) is 33.8 Å². The van der Waals surface area contributed by atoms with E-state index in [1.165, 1.54) is 24.3 Å². The topological polar surface area (TPSA) is 92.8 Å². The molecule has 37 heavy (non-hydrogen) atoms. The Hall–Kier alpha value is -2.82. The molecule has 4 atom stereocenters. The number of rotatable bonds is 5. The number of carbonyl (C=O) groups is 4. The van der Waals surface area contributed by atoms with Crippen molar-refractivity contribution in [3.63, 3.8) is 0 Å². The normalized spacial score (nSPS) is 23.6. The summed E-state index contributed by atoms with van der Waals surface area (Å²) in [6, 6.07) is 7.83. The average Bonchev–Trinajstić information content (AvgIpc) is 3.07. The number of alkyl halides is 5. The SMILES string of the molecule is O=C(COC(=O)c1ccc(N2C(=O)[C@@H]3C[C@H](Cl)[C@@H](Cl)C[C@H]3C2=O)cc1)Nc1cc(C(F)(F)F)ccc1Cl. The third-order valence-corrected chi connectivity index (χ3v) is 7.60. The van der Waals surface area contributed by atoms with Gasteiger partial charge >= 0.3 is 12.1 Å². The zero-order valence-corrected chi connectivity index (χ0v) is 21.0. The van der Waals surface area contributed by atoms with Gasteiger partial charge in [-0.05, 0) is 55.3 Å². The van der Waals surface area contributed by atoms with Gasteiger partial charge in [0, 0.05) is 0 Å². The van der Waals surface area contributed by atoms with Gasteiger partial charge in [0.25, 0.3) is 5.91 Å². The number of halogens is 6. The molecular weight excluding hydrogens is 560 g/mol. The van der Waals surface area contributed by atoms with Crippen molar-refractivity contribution in [1.29, 1.82) is 0 Å². The standard InChI is InChI=1S/C24H18Cl3F3N2O5/c25-16-6-3-12(24(28,29)30)7-19(16)31-20(33)10-37-23(36)11-1-4-13(5-2-11)32-21(34)14-8-17(26)18(27)9-15(14)22(32)35/h1-7,14-15,17-18H,8-10H2,(H,31,33)/t14-,15-,17+,18+/m1/s1. The summed E-state index contributed by atoms with van der Waals surface area (Å²) in [5.74, 6) is -3.69. The molecule has 2 aromatic rings. The van der Waals surface area contributed by atoms with Gasteiger partial charge in [-0.2, -0.15) is 13.2 Å². The number of carbonyl (C=O) groups excluding carboxylic acids is 4. The van der Waals surface area contributed by atoms with Gasteiger partial charge in [-0.1, -0.05) is 11.6 Å². The molecule has 1 heterocycles. The van der Waals surface area contributed by atoms with E-state index in [4.69, 9.17) is 39.5 Å². The molecule has 2 fully saturated rings. The van der Waals surface area contributed by atoms with E-state index in [0.29, 0.717) is 18.9 Å². The van der Waals surface area contributed by atoms with E-state index < -0.39 is 52.8 Å². The minimum Gasteiger partial charge on any atom is -0.452 e. The van der Waals surface area contributed by atoms with Gasteiger partial charge in [-0.15, -0.1) is 23.2 Å². The van der Waals surface area contributed by atoms with Gasteiger partial charge in [0.15, 0.2) is 6.61 Å². The van der Waals surface area contributed by atoms with Crippen molar-refractivity contribution in [2.24, 2.45) is 11.8 Å². The number of fused-ring (bicyclic) bond motifs is 1. The molecule has 3 amide bonds. The van der Waals surface area contributed by atoms with Crippen molar-refractivity contribution in [3.05, 3.63) is 58.6 Å². The second-order valence-corrected chi connectivity index (χ2v) is 10.1. The van der Waals surface area contributed by atoms with E-state index in [1.54, 1.807) is 0 Å². The van der Waals surface area contributed by atoms with Gasteiger partial charge in [0.05, 0.1) is 50.1 Å². The summed E-state index contributed by atoms with van der Waals surface area (Å²) in [7, 11) is 0. The summed E-state index contributed by atoms with van der Waals surface area (Å²) in [6.45, 7) is -0.793. The van der Waals surface area contributed by atoms with E-state index in [0.717, 1.165) is 17.0 Å². The Balaban J connectivity index is 1.37. The van der Waals surface area contributed by atoms with E-state index in [1.807, 2.05) is 0 Å². The first-order chi connectivity index (χ1) is 17.4. The predicted octanol–water partition coefficient (Wildman–Crippen LogP) is 5.27. The monoisotopic (exact) mass is 576 g/mol.